The van der Waals surface area contributed by atoms with Crippen LogP contribution in [0.4, 0.5) is 5.13 Å². The fraction of sp³-hybridized carbons (Fsp3) is 0.176. The third-order valence-corrected chi connectivity index (χ3v) is 4.52. The van der Waals surface area contributed by atoms with Gasteiger partial charge in [-0.1, -0.05) is 5.16 Å². The molecule has 0 radical (unpaired) electrons. The van der Waals surface area contributed by atoms with Gasteiger partial charge in [-0.05, 0) is 23.8 Å². The zero-order valence-corrected chi connectivity index (χ0v) is 18.9. The number of oxime groups is 1. The molecule has 1 saturated heterocycles. The maximum absolute atomic E-state index is 12.4. The molecule has 1 unspecified atom stereocenters. The average molecular weight is 438 g/mol. The molecule has 2 aromatic rings. The van der Waals surface area contributed by atoms with Crippen molar-refractivity contribution in [2.45, 2.75) is 6.04 Å². The number of amides is 1. The Morgan fingerprint density at radius 2 is 2.17 bits per heavy atom. The zero-order chi connectivity index (χ0) is 21.0. The van der Waals surface area contributed by atoms with Crippen LogP contribution in [0.3, 0.4) is 0 Å². The van der Waals surface area contributed by atoms with E-state index in [1.807, 2.05) is 0 Å². The molecule has 1 atom stereocenters. The molecule has 0 aromatic carbocycles. The number of rotatable bonds is 7. The number of carbonyl (C=O) groups is 2. The molecule has 13 heteroatoms. The summed E-state index contributed by atoms with van der Waals surface area (Å²) in [5.41, 5.74) is 5.88. The molecule has 1 aliphatic rings. The summed E-state index contributed by atoms with van der Waals surface area (Å²) in [7, 11) is 1.25. The van der Waals surface area contributed by atoms with Gasteiger partial charge in [0.1, 0.15) is 30.3 Å². The number of aliphatic imine (C=N–C) groups is 1. The Hall–Kier alpha value is -2.80. The van der Waals surface area contributed by atoms with Crippen LogP contribution in [0.5, 0.6) is 0 Å². The van der Waals surface area contributed by atoms with Crippen molar-refractivity contribution in [1.82, 2.24) is 14.9 Å². The molecule has 11 nitrogen and oxygen atoms in total. The molecule has 1 amide bonds. The average Bonchev–Trinajstić information content (AvgIpc) is 3.13. The molecule has 3 heterocycles. The number of aromatic nitrogens is 2. The Morgan fingerprint density at radius 3 is 2.70 bits per heavy atom. The molecule has 0 bridgehead atoms. The first kappa shape index (κ1) is 23.5. The predicted molar refractivity (Wildman–Crippen MR) is 103 cm³/mol. The number of carboxylic acids is 1. The molecule has 3 N–H and O–H groups in total. The normalized spacial score (nSPS) is 17.2. The number of carboxylic acid groups (broad SMARTS) is 1. The number of pyridine rings is 1. The maximum Gasteiger partial charge on any atom is 1.00 e. The second kappa shape index (κ2) is 10.3. The van der Waals surface area contributed by atoms with Gasteiger partial charge in [0.15, 0.2) is 5.13 Å². The smallest absolute Gasteiger partial charge is 0.857 e. The Labute approximate surface area is 196 Å². The van der Waals surface area contributed by atoms with E-state index in [1.54, 1.807) is 12.1 Å². The topological polar surface area (TPSA) is 166 Å². The number of nitrogens with two attached hydrogens (primary N) is 1. The second-order valence-corrected chi connectivity index (χ2v) is 6.60. The summed E-state index contributed by atoms with van der Waals surface area (Å²) in [5, 5.41) is 27.2. The van der Waals surface area contributed by atoms with Crippen LogP contribution in [0.15, 0.2) is 45.8 Å². The zero-order valence-electron chi connectivity index (χ0n) is 16.1. The minimum Gasteiger partial charge on any atom is -0.857 e. The fourth-order valence-electron chi connectivity index (χ4n) is 2.48. The Morgan fingerprint density at radius 1 is 1.47 bits per heavy atom. The van der Waals surface area contributed by atoms with Crippen LogP contribution in [0.1, 0.15) is 11.3 Å². The van der Waals surface area contributed by atoms with E-state index in [0.29, 0.717) is 5.56 Å². The predicted octanol–water partition coefficient (Wildman–Crippen LogP) is -3.43. The van der Waals surface area contributed by atoms with Crippen LogP contribution < -0.4 is 40.4 Å². The van der Waals surface area contributed by atoms with Crippen molar-refractivity contribution in [1.29, 1.82) is 0 Å². The van der Waals surface area contributed by atoms with Gasteiger partial charge in [-0.2, -0.15) is 0 Å². The van der Waals surface area contributed by atoms with Gasteiger partial charge in [-0.15, -0.1) is 11.3 Å². The summed E-state index contributed by atoms with van der Waals surface area (Å²) in [5.74, 6) is -2.71. The number of carbonyl (C=O) groups excluding carboxylic acids is 1. The van der Waals surface area contributed by atoms with E-state index in [-0.39, 0.29) is 58.3 Å². The van der Waals surface area contributed by atoms with E-state index < -0.39 is 23.8 Å². The number of hydrogen-bond donors (Lipinski definition) is 2. The maximum atomic E-state index is 12.4. The first-order chi connectivity index (χ1) is 13.9. The van der Waals surface area contributed by atoms with Gasteiger partial charge in [-0.3, -0.25) is 14.8 Å². The van der Waals surface area contributed by atoms with Crippen molar-refractivity contribution in [2.75, 3.05) is 19.4 Å². The molecule has 150 valence electrons. The monoisotopic (exact) mass is 438 g/mol. The molecule has 0 aliphatic carbocycles. The summed E-state index contributed by atoms with van der Waals surface area (Å²) in [4.78, 5) is 41.3. The first-order valence-corrected chi connectivity index (χ1v) is 9.02. The molecule has 0 saturated carbocycles. The third-order valence-electron chi connectivity index (χ3n) is 3.85. The van der Waals surface area contributed by atoms with E-state index in [9.17, 15) is 19.8 Å². The van der Waals surface area contributed by atoms with Gasteiger partial charge in [0.25, 0.3) is 5.91 Å². The summed E-state index contributed by atoms with van der Waals surface area (Å²) >= 11 is 1.11. The standard InChI is InChI=1S/C17H16N6O5S.Na/c1-28-22-13(11-8-29-17(18)21-11)14(24)20-10-7-23(15(10)25)12(16(26)27)6-9-2-4-19-5-3-9;/h2-6,8,10H,7H2,1H3,(H2,18,21)(H,20,24)(H,26,27);/q;+1/p-1/b12-6-,22-13-;. The van der Waals surface area contributed by atoms with Gasteiger partial charge in [0, 0.05) is 23.7 Å². The van der Waals surface area contributed by atoms with Crippen molar-refractivity contribution in [3.05, 3.63) is 46.9 Å². The number of hydrogen-bond acceptors (Lipinski definition) is 10. The van der Waals surface area contributed by atoms with Crippen molar-refractivity contribution in [2.24, 2.45) is 10.1 Å². The van der Waals surface area contributed by atoms with Gasteiger partial charge in [0.2, 0.25) is 0 Å². The van der Waals surface area contributed by atoms with E-state index in [1.165, 1.54) is 31.0 Å². The van der Waals surface area contributed by atoms with E-state index in [0.717, 1.165) is 16.2 Å². The Balaban J connectivity index is 0.00000320. The summed E-state index contributed by atoms with van der Waals surface area (Å²) in [6, 6.07) is 2.18. The molecular weight excluding hydrogens is 423 g/mol. The third kappa shape index (κ3) is 5.21. The number of thiazole rings is 1. The minimum absolute atomic E-state index is 0. The Kier molecular flexibility index (Phi) is 8.06. The van der Waals surface area contributed by atoms with Crippen molar-refractivity contribution in [3.63, 3.8) is 0 Å². The van der Waals surface area contributed by atoms with Crippen LogP contribution in [0, 0.1) is 0 Å². The fourth-order valence-corrected chi connectivity index (χ4v) is 3.03. The summed E-state index contributed by atoms with van der Waals surface area (Å²) in [6.07, 6.45) is 4.35. The molecule has 2 aromatic heterocycles. The number of likely N-dealkylation sites (tertiary alicyclic amines) is 1. The number of nitrogens with zero attached hydrogens (tertiary/aromatic N) is 5. The summed E-state index contributed by atoms with van der Waals surface area (Å²) < 4.78 is 0. The summed E-state index contributed by atoms with van der Waals surface area (Å²) in [6.45, 7) is -0.0622. The molecule has 0 spiro atoms. The number of anilines is 1. The van der Waals surface area contributed by atoms with E-state index >= 15 is 0 Å². The van der Waals surface area contributed by atoms with Crippen molar-refractivity contribution in [3.8, 4) is 0 Å². The van der Waals surface area contributed by atoms with Crippen LogP contribution in [-0.2, 0) is 14.4 Å². The second-order valence-electron chi connectivity index (χ2n) is 5.71. The number of nitrogen functional groups attached to an aromatic ring is 1. The van der Waals surface area contributed by atoms with Gasteiger partial charge < -0.3 is 25.7 Å². The molecule has 1 aliphatic heterocycles. The van der Waals surface area contributed by atoms with Crippen LogP contribution in [0.2, 0.25) is 0 Å². The molecule has 1 fully saturated rings. The quantitative estimate of drug-likeness (QED) is 0.113. The van der Waals surface area contributed by atoms with Gasteiger partial charge in [0.05, 0.1) is 6.54 Å². The molecular formula is C17H15N6NaO5S. The SMILES string of the molecule is CO/N=C(\C([O-])=NC1CN(/C(=C\c2ccncc2)C(=O)O)C1=O)c1csc(N)n1.[Na+]. The van der Waals surface area contributed by atoms with Crippen LogP contribution in [0.25, 0.3) is 6.08 Å². The Bertz CT molecular complexity index is 1020. The first-order valence-electron chi connectivity index (χ1n) is 8.14. The van der Waals surface area contributed by atoms with Gasteiger partial charge >= 0.3 is 35.5 Å². The number of aliphatic carboxylic acids is 1. The minimum atomic E-state index is -1.28. The van der Waals surface area contributed by atoms with Gasteiger partial charge in [-0.25, -0.2) is 9.78 Å². The van der Waals surface area contributed by atoms with E-state index in [4.69, 9.17) is 5.73 Å². The largest absolute Gasteiger partial charge is 1.00 e. The molecule has 30 heavy (non-hydrogen) atoms. The van der Waals surface area contributed by atoms with Crippen molar-refractivity contribution >= 4 is 46.0 Å². The number of β-lactam (4-membered cyclic amide) rings is 1. The van der Waals surface area contributed by atoms with E-state index in [2.05, 4.69) is 25.0 Å². The molecule has 3 rings (SSSR count). The van der Waals surface area contributed by atoms with Crippen molar-refractivity contribution < 1.29 is 54.2 Å². The van der Waals surface area contributed by atoms with Crippen LogP contribution in [-0.4, -0.2) is 63.2 Å². The van der Waals surface area contributed by atoms with Crippen LogP contribution >= 0.6 is 11.3 Å².